The second-order valence-electron chi connectivity index (χ2n) is 4.12. The lowest BCUT2D eigenvalue weighted by Gasteiger charge is -2.27. The zero-order chi connectivity index (χ0) is 9.52. The second-order valence-corrected chi connectivity index (χ2v) is 4.76. The number of ether oxygens (including phenoxy) is 1. The van der Waals surface area contributed by atoms with Crippen LogP contribution in [0.15, 0.2) is 0 Å². The molecule has 0 heterocycles. The van der Waals surface area contributed by atoms with Crippen LogP contribution >= 0.6 is 15.9 Å². The predicted molar refractivity (Wildman–Crippen MR) is 60.4 cm³/mol. The maximum atomic E-state index is 5.58. The van der Waals surface area contributed by atoms with E-state index in [1.165, 1.54) is 31.0 Å². The zero-order valence-electron chi connectivity index (χ0n) is 8.60. The van der Waals surface area contributed by atoms with Crippen LogP contribution in [0.4, 0.5) is 0 Å². The number of hydrogen-bond acceptors (Lipinski definition) is 1. The monoisotopic (exact) mass is 248 g/mol. The van der Waals surface area contributed by atoms with Crippen LogP contribution in [0.5, 0.6) is 0 Å². The van der Waals surface area contributed by atoms with Gasteiger partial charge in [0.2, 0.25) is 0 Å². The van der Waals surface area contributed by atoms with Gasteiger partial charge in [-0.3, -0.25) is 0 Å². The molecule has 0 amide bonds. The zero-order valence-corrected chi connectivity index (χ0v) is 10.2. The van der Waals surface area contributed by atoms with E-state index in [9.17, 15) is 0 Å². The third kappa shape index (κ3) is 4.46. The Kier molecular flexibility index (Phi) is 6.05. The molecular formula is C11H21BrO. The fourth-order valence-electron chi connectivity index (χ4n) is 1.95. The summed E-state index contributed by atoms with van der Waals surface area (Å²) in [4.78, 5) is 0. The Morgan fingerprint density at radius 2 is 1.77 bits per heavy atom. The fourth-order valence-corrected chi connectivity index (χ4v) is 2.59. The van der Waals surface area contributed by atoms with E-state index in [0.717, 1.165) is 31.5 Å². The summed E-state index contributed by atoms with van der Waals surface area (Å²) in [6, 6.07) is 0. The van der Waals surface area contributed by atoms with Gasteiger partial charge in [0.1, 0.15) is 0 Å². The van der Waals surface area contributed by atoms with Crippen molar-refractivity contribution in [3.05, 3.63) is 0 Å². The van der Waals surface area contributed by atoms with Crippen molar-refractivity contribution in [1.29, 1.82) is 0 Å². The van der Waals surface area contributed by atoms with Crippen molar-refractivity contribution in [2.24, 2.45) is 11.8 Å². The van der Waals surface area contributed by atoms with Gasteiger partial charge < -0.3 is 4.74 Å². The van der Waals surface area contributed by atoms with E-state index in [-0.39, 0.29) is 0 Å². The molecule has 1 saturated carbocycles. The number of alkyl halides is 1. The van der Waals surface area contributed by atoms with Crippen molar-refractivity contribution >= 4 is 15.9 Å². The van der Waals surface area contributed by atoms with Crippen molar-refractivity contribution in [2.75, 3.05) is 18.5 Å². The van der Waals surface area contributed by atoms with E-state index in [1.807, 2.05) is 0 Å². The average molecular weight is 249 g/mol. The summed E-state index contributed by atoms with van der Waals surface area (Å²) >= 11 is 3.56. The average Bonchev–Trinajstić information content (AvgIpc) is 2.19. The summed E-state index contributed by atoms with van der Waals surface area (Å²) in [5.74, 6) is 1.78. The van der Waals surface area contributed by atoms with E-state index in [0.29, 0.717) is 0 Å². The van der Waals surface area contributed by atoms with Crippen molar-refractivity contribution in [3.63, 3.8) is 0 Å². The largest absolute Gasteiger partial charge is 0.381 e. The van der Waals surface area contributed by atoms with E-state index < -0.39 is 0 Å². The molecule has 13 heavy (non-hydrogen) atoms. The first kappa shape index (κ1) is 11.5. The highest BCUT2D eigenvalue weighted by Crippen LogP contribution is 2.29. The normalized spacial score (nSPS) is 29.1. The molecule has 0 spiro atoms. The Hall–Kier alpha value is 0.440. The van der Waals surface area contributed by atoms with Crippen LogP contribution in [-0.2, 0) is 4.74 Å². The fraction of sp³-hybridized carbons (Fsp3) is 1.00. The second kappa shape index (κ2) is 6.83. The van der Waals surface area contributed by atoms with Gasteiger partial charge >= 0.3 is 0 Å². The topological polar surface area (TPSA) is 9.23 Å². The van der Waals surface area contributed by atoms with E-state index in [4.69, 9.17) is 4.74 Å². The Labute approximate surface area is 90.4 Å². The predicted octanol–water partition coefficient (Wildman–Crippen LogP) is 3.61. The molecule has 0 atom stereocenters. The summed E-state index contributed by atoms with van der Waals surface area (Å²) < 4.78 is 5.58. The quantitative estimate of drug-likeness (QED) is 0.534. The van der Waals surface area contributed by atoms with Crippen molar-refractivity contribution < 1.29 is 4.74 Å². The first-order valence-electron chi connectivity index (χ1n) is 5.50. The smallest absolute Gasteiger partial charge is 0.0494 e. The van der Waals surface area contributed by atoms with Crippen LogP contribution in [0.3, 0.4) is 0 Å². The van der Waals surface area contributed by atoms with Gasteiger partial charge in [-0.25, -0.2) is 0 Å². The first-order valence-corrected chi connectivity index (χ1v) is 6.62. The summed E-state index contributed by atoms with van der Waals surface area (Å²) in [5.41, 5.74) is 0. The Morgan fingerprint density at radius 1 is 1.15 bits per heavy atom. The molecule has 0 unspecified atom stereocenters. The molecule has 0 radical (unpaired) electrons. The molecule has 1 rings (SSSR count). The third-order valence-electron chi connectivity index (χ3n) is 2.89. The summed E-state index contributed by atoms with van der Waals surface area (Å²) in [6.45, 7) is 4.11. The van der Waals surface area contributed by atoms with E-state index in [2.05, 4.69) is 22.9 Å². The molecule has 1 nitrogen and oxygen atoms in total. The number of hydrogen-bond donors (Lipinski definition) is 0. The first-order chi connectivity index (χ1) is 6.36. The maximum absolute atomic E-state index is 5.58. The lowest BCUT2D eigenvalue weighted by atomic mass is 9.83. The van der Waals surface area contributed by atoms with Gasteiger partial charge in [0.15, 0.2) is 0 Å². The maximum Gasteiger partial charge on any atom is 0.0494 e. The minimum absolute atomic E-state index is 0.849. The molecule has 0 saturated heterocycles. The van der Waals surface area contributed by atoms with E-state index >= 15 is 0 Å². The third-order valence-corrected chi connectivity index (χ3v) is 3.80. The lowest BCUT2D eigenvalue weighted by molar-refractivity contribution is 0.0800. The SMILES string of the molecule is CCCOCC1CCC(CBr)CC1. The highest BCUT2D eigenvalue weighted by atomic mass is 79.9. The van der Waals surface area contributed by atoms with Crippen LogP contribution in [0.2, 0.25) is 0 Å². The van der Waals surface area contributed by atoms with Crippen LogP contribution in [-0.4, -0.2) is 18.5 Å². The molecule has 0 bridgehead atoms. The van der Waals surface area contributed by atoms with Crippen LogP contribution in [0, 0.1) is 11.8 Å². The van der Waals surface area contributed by atoms with Gasteiger partial charge in [-0.1, -0.05) is 22.9 Å². The van der Waals surface area contributed by atoms with Crippen LogP contribution in [0.1, 0.15) is 39.0 Å². The molecule has 1 aliphatic rings. The Balaban J connectivity index is 2.03. The van der Waals surface area contributed by atoms with E-state index in [1.54, 1.807) is 0 Å². The molecule has 1 aliphatic carbocycles. The van der Waals surface area contributed by atoms with Crippen LogP contribution < -0.4 is 0 Å². The van der Waals surface area contributed by atoms with Gasteiger partial charge in [0.05, 0.1) is 0 Å². The minimum Gasteiger partial charge on any atom is -0.381 e. The van der Waals surface area contributed by atoms with Gasteiger partial charge in [0.25, 0.3) is 0 Å². The molecule has 78 valence electrons. The van der Waals surface area contributed by atoms with Crippen molar-refractivity contribution in [1.82, 2.24) is 0 Å². The Bertz CT molecular complexity index is 117. The highest BCUT2D eigenvalue weighted by molar-refractivity contribution is 9.09. The molecule has 0 aliphatic heterocycles. The molecule has 2 heteroatoms. The molecule has 0 aromatic carbocycles. The summed E-state index contributed by atoms with van der Waals surface area (Å²) in [7, 11) is 0. The summed E-state index contributed by atoms with van der Waals surface area (Å²) in [6.07, 6.45) is 6.69. The molecule has 0 N–H and O–H groups in total. The number of rotatable bonds is 5. The van der Waals surface area contributed by atoms with Gasteiger partial charge in [-0.2, -0.15) is 0 Å². The van der Waals surface area contributed by atoms with Gasteiger partial charge in [-0.05, 0) is 43.9 Å². The lowest BCUT2D eigenvalue weighted by Crippen LogP contribution is -2.19. The molecule has 0 aromatic heterocycles. The number of halogens is 1. The highest BCUT2D eigenvalue weighted by Gasteiger charge is 2.19. The van der Waals surface area contributed by atoms with Crippen LogP contribution in [0.25, 0.3) is 0 Å². The van der Waals surface area contributed by atoms with Gasteiger partial charge in [-0.15, -0.1) is 0 Å². The summed E-state index contributed by atoms with van der Waals surface area (Å²) in [5, 5.41) is 1.19. The van der Waals surface area contributed by atoms with Gasteiger partial charge in [0, 0.05) is 18.5 Å². The standard InChI is InChI=1S/C11H21BrO/c1-2-7-13-9-11-5-3-10(8-12)4-6-11/h10-11H,2-9H2,1H3. The minimum atomic E-state index is 0.849. The molecule has 1 fully saturated rings. The molecule has 0 aromatic rings. The van der Waals surface area contributed by atoms with Crippen molar-refractivity contribution in [3.8, 4) is 0 Å². The molecular weight excluding hydrogens is 228 g/mol. The Morgan fingerprint density at radius 3 is 2.31 bits per heavy atom. The van der Waals surface area contributed by atoms with Crippen molar-refractivity contribution in [2.45, 2.75) is 39.0 Å².